The summed E-state index contributed by atoms with van der Waals surface area (Å²) in [5.74, 6) is 0. The van der Waals surface area contributed by atoms with E-state index in [4.69, 9.17) is 0 Å². The maximum Gasteiger partial charge on any atom is 0.327 e. The van der Waals surface area contributed by atoms with E-state index in [1.54, 1.807) is 0 Å². The Morgan fingerprint density at radius 1 is 1.33 bits per heavy atom. The molecule has 0 amide bonds. The smallest absolute Gasteiger partial charge is 0.327 e. The van der Waals surface area contributed by atoms with Gasteiger partial charge in [-0.05, 0) is 0 Å². The van der Waals surface area contributed by atoms with Crippen molar-refractivity contribution in [2.75, 3.05) is 0 Å². The zero-order valence-electron chi connectivity index (χ0n) is 6.34. The Morgan fingerprint density at radius 3 is 2.83 bits per heavy atom. The SMILES string of the molecule is O=c1[nH]c(=O)c2[nH]cnc2[nH]1.[HH].[Na]. The van der Waals surface area contributed by atoms with E-state index in [0.29, 0.717) is 0 Å². The molecule has 2 aromatic rings. The Morgan fingerprint density at radius 2 is 2.08 bits per heavy atom. The number of imidazole rings is 1. The fraction of sp³-hybridized carbons (Fsp3) is 0. The van der Waals surface area contributed by atoms with E-state index in [0.717, 1.165) is 0 Å². The van der Waals surface area contributed by atoms with Crippen LogP contribution in [0.15, 0.2) is 15.9 Å². The van der Waals surface area contributed by atoms with Gasteiger partial charge >= 0.3 is 5.69 Å². The molecule has 2 aromatic heterocycles. The molecule has 0 unspecified atom stereocenters. The van der Waals surface area contributed by atoms with E-state index >= 15 is 0 Å². The number of aromatic amines is 3. The minimum Gasteiger partial charge on any atom is -0.339 e. The van der Waals surface area contributed by atoms with Crippen LogP contribution < -0.4 is 11.2 Å². The van der Waals surface area contributed by atoms with Crippen molar-refractivity contribution >= 4 is 40.7 Å². The number of aromatic nitrogens is 4. The molecule has 59 valence electrons. The molecule has 0 saturated carbocycles. The van der Waals surface area contributed by atoms with E-state index in [1.165, 1.54) is 6.33 Å². The Kier molecular flexibility index (Phi) is 2.51. The van der Waals surface area contributed by atoms with Gasteiger partial charge in [0.1, 0.15) is 5.52 Å². The number of H-pyrrole nitrogens is 3. The van der Waals surface area contributed by atoms with Gasteiger partial charge in [-0.1, -0.05) is 0 Å². The Bertz CT molecular complexity index is 501. The molecule has 0 aliphatic carbocycles. The van der Waals surface area contributed by atoms with Crippen LogP contribution >= 0.6 is 0 Å². The predicted octanol–water partition coefficient (Wildman–Crippen LogP) is -1.20. The molecule has 0 fully saturated rings. The topological polar surface area (TPSA) is 94.4 Å². The summed E-state index contributed by atoms with van der Waals surface area (Å²) in [6.07, 6.45) is 1.34. The Labute approximate surface area is 89.2 Å². The van der Waals surface area contributed by atoms with Gasteiger partial charge in [0.2, 0.25) is 0 Å². The second kappa shape index (κ2) is 3.26. The summed E-state index contributed by atoms with van der Waals surface area (Å²) in [6.45, 7) is 0. The predicted molar refractivity (Wildman–Crippen MR) is 45.2 cm³/mol. The van der Waals surface area contributed by atoms with Gasteiger partial charge in [-0.25, -0.2) is 9.78 Å². The molecule has 2 rings (SSSR count). The van der Waals surface area contributed by atoms with Crippen LogP contribution in [0.4, 0.5) is 0 Å². The van der Waals surface area contributed by atoms with Gasteiger partial charge in [0.25, 0.3) is 5.56 Å². The van der Waals surface area contributed by atoms with Crippen LogP contribution in [0.3, 0.4) is 0 Å². The molecule has 1 radical (unpaired) electrons. The quantitative estimate of drug-likeness (QED) is 0.441. The molecular formula is C5H6N4NaO2. The van der Waals surface area contributed by atoms with Gasteiger partial charge in [0.15, 0.2) is 5.65 Å². The fourth-order valence-corrected chi connectivity index (χ4v) is 0.867. The summed E-state index contributed by atoms with van der Waals surface area (Å²) in [5, 5.41) is 0. The number of hydrogen-bond donors (Lipinski definition) is 3. The van der Waals surface area contributed by atoms with Crippen LogP contribution in [-0.4, -0.2) is 49.5 Å². The van der Waals surface area contributed by atoms with Crippen molar-refractivity contribution < 1.29 is 1.43 Å². The molecule has 3 N–H and O–H groups in total. The van der Waals surface area contributed by atoms with Gasteiger partial charge in [-0.3, -0.25) is 14.8 Å². The third-order valence-electron chi connectivity index (χ3n) is 1.33. The van der Waals surface area contributed by atoms with E-state index in [-0.39, 0.29) is 42.1 Å². The molecule has 12 heavy (non-hydrogen) atoms. The molecule has 2 heterocycles. The van der Waals surface area contributed by atoms with Gasteiger partial charge < -0.3 is 4.98 Å². The van der Waals surface area contributed by atoms with Crippen molar-refractivity contribution in [3.63, 3.8) is 0 Å². The van der Waals surface area contributed by atoms with Crippen LogP contribution in [0.2, 0.25) is 0 Å². The summed E-state index contributed by atoms with van der Waals surface area (Å²) in [6, 6.07) is 0. The standard InChI is InChI=1S/C5H4N4O2.Na.H2/c10-4-2-3(7-1-6-2)8-5(11)9-4;;/h1H,(H3,6,7,8,9,10,11);;1H. The molecule has 0 aliphatic rings. The third kappa shape index (κ3) is 1.36. The van der Waals surface area contributed by atoms with E-state index in [1.807, 2.05) is 0 Å². The normalized spacial score (nSPS) is 9.67. The average Bonchev–Trinajstić information content (AvgIpc) is 2.34. The van der Waals surface area contributed by atoms with Gasteiger partial charge in [0, 0.05) is 31.0 Å². The first-order valence-electron chi connectivity index (χ1n) is 2.93. The van der Waals surface area contributed by atoms with Gasteiger partial charge in [-0.15, -0.1) is 0 Å². The van der Waals surface area contributed by atoms with Crippen molar-refractivity contribution in [2.45, 2.75) is 0 Å². The van der Waals surface area contributed by atoms with Crippen LogP contribution in [0.1, 0.15) is 1.43 Å². The molecule has 0 atom stereocenters. The number of nitrogens with zero attached hydrogens (tertiary/aromatic N) is 1. The fourth-order valence-electron chi connectivity index (χ4n) is 0.867. The zero-order valence-corrected chi connectivity index (χ0v) is 8.34. The van der Waals surface area contributed by atoms with E-state index in [2.05, 4.69) is 19.9 Å². The molecule has 6 nitrogen and oxygen atoms in total. The van der Waals surface area contributed by atoms with Crippen molar-refractivity contribution in [1.29, 1.82) is 0 Å². The summed E-state index contributed by atoms with van der Waals surface area (Å²) in [7, 11) is 0. The van der Waals surface area contributed by atoms with Gasteiger partial charge in [-0.2, -0.15) is 0 Å². The largest absolute Gasteiger partial charge is 0.339 e. The minimum absolute atomic E-state index is 0. The maximum atomic E-state index is 10.9. The maximum absolute atomic E-state index is 10.9. The molecule has 0 spiro atoms. The molecule has 0 bridgehead atoms. The summed E-state index contributed by atoms with van der Waals surface area (Å²) >= 11 is 0. The van der Waals surface area contributed by atoms with Crippen molar-refractivity contribution in [1.82, 2.24) is 19.9 Å². The first-order chi connectivity index (χ1) is 5.27. The molecule has 0 aliphatic heterocycles. The van der Waals surface area contributed by atoms with E-state index in [9.17, 15) is 9.59 Å². The number of nitrogens with one attached hydrogen (secondary N) is 3. The number of rotatable bonds is 0. The van der Waals surface area contributed by atoms with Crippen LogP contribution in [0.5, 0.6) is 0 Å². The van der Waals surface area contributed by atoms with Crippen molar-refractivity contribution in [3.8, 4) is 0 Å². The third-order valence-corrected chi connectivity index (χ3v) is 1.33. The second-order valence-electron chi connectivity index (χ2n) is 2.03. The van der Waals surface area contributed by atoms with Crippen molar-refractivity contribution in [3.05, 3.63) is 27.2 Å². The van der Waals surface area contributed by atoms with E-state index < -0.39 is 11.2 Å². The summed E-state index contributed by atoms with van der Waals surface area (Å²) in [5.41, 5.74) is -0.445. The second-order valence-corrected chi connectivity index (χ2v) is 2.03. The Balaban J connectivity index is 0.000000720. The Hall–Kier alpha value is -0.850. The van der Waals surface area contributed by atoms with Crippen molar-refractivity contribution in [2.24, 2.45) is 0 Å². The zero-order chi connectivity index (χ0) is 7.84. The molecule has 7 heteroatoms. The first kappa shape index (κ1) is 9.24. The summed E-state index contributed by atoms with van der Waals surface area (Å²) < 4.78 is 0. The summed E-state index contributed by atoms with van der Waals surface area (Å²) in [4.78, 5) is 32.3. The first-order valence-corrected chi connectivity index (χ1v) is 2.93. The molecular weight excluding hydrogens is 171 g/mol. The number of fused-ring (bicyclic) bond motifs is 1. The van der Waals surface area contributed by atoms with Crippen LogP contribution in [-0.2, 0) is 0 Å². The van der Waals surface area contributed by atoms with Gasteiger partial charge in [0.05, 0.1) is 6.33 Å². The van der Waals surface area contributed by atoms with Crippen LogP contribution in [0, 0.1) is 0 Å². The minimum atomic E-state index is -0.547. The molecule has 0 aromatic carbocycles. The average molecular weight is 177 g/mol. The number of hydrogen-bond acceptors (Lipinski definition) is 3. The monoisotopic (exact) mass is 177 g/mol. The molecule has 0 saturated heterocycles. The van der Waals surface area contributed by atoms with Crippen LogP contribution in [0.25, 0.3) is 11.2 Å².